The van der Waals surface area contributed by atoms with E-state index in [0.717, 1.165) is 5.56 Å². The molecule has 92 valence electrons. The number of para-hydroxylation sites is 1. The smallest absolute Gasteiger partial charge is 0.395 e. The first-order valence-electron chi connectivity index (χ1n) is 5.12. The summed E-state index contributed by atoms with van der Waals surface area (Å²) in [5.74, 6) is 0.104. The Morgan fingerprint density at radius 3 is 2.82 bits per heavy atom. The highest BCUT2D eigenvalue weighted by Gasteiger charge is 2.07. The van der Waals surface area contributed by atoms with Crippen LogP contribution in [0.25, 0.3) is 0 Å². The molecule has 0 radical (unpaired) electrons. The largest absolute Gasteiger partial charge is 0.463 e. The van der Waals surface area contributed by atoms with E-state index in [1.807, 2.05) is 6.07 Å². The summed E-state index contributed by atoms with van der Waals surface area (Å²) in [6.45, 7) is -0.170. The molecule has 0 aliphatic rings. The van der Waals surface area contributed by atoms with Crippen molar-refractivity contribution in [1.82, 2.24) is 0 Å². The van der Waals surface area contributed by atoms with Crippen molar-refractivity contribution in [3.8, 4) is 5.75 Å². The molecule has 0 aromatic heterocycles. The van der Waals surface area contributed by atoms with E-state index < -0.39 is 8.69 Å². The number of carbonyl (C=O) groups is 1. The Balaban J connectivity index is 2.50. The highest BCUT2D eigenvalue weighted by Crippen LogP contribution is 2.22. The lowest BCUT2D eigenvalue weighted by molar-refractivity contribution is -0.144. The zero-order valence-corrected chi connectivity index (χ0v) is 10.1. The van der Waals surface area contributed by atoms with E-state index in [-0.39, 0.29) is 25.6 Å². The van der Waals surface area contributed by atoms with Crippen LogP contribution in [0.3, 0.4) is 0 Å². The van der Waals surface area contributed by atoms with E-state index >= 15 is 0 Å². The van der Waals surface area contributed by atoms with Crippen LogP contribution in [-0.4, -0.2) is 24.3 Å². The van der Waals surface area contributed by atoms with Gasteiger partial charge in [0.15, 0.2) is 0 Å². The summed E-state index contributed by atoms with van der Waals surface area (Å²) in [4.78, 5) is 11.2. The third kappa shape index (κ3) is 4.93. The Hall–Kier alpha value is -1.45. The molecule has 0 atom stereocenters. The maximum absolute atomic E-state index is 11.2. The van der Waals surface area contributed by atoms with Gasteiger partial charge in [-0.2, -0.15) is 0 Å². The van der Waals surface area contributed by atoms with Crippen LogP contribution in [0.4, 0.5) is 0 Å². The van der Waals surface area contributed by atoms with E-state index in [1.165, 1.54) is 0 Å². The van der Waals surface area contributed by atoms with Gasteiger partial charge in [-0.25, -0.2) is 4.57 Å². The Bertz CT molecular complexity index is 380. The van der Waals surface area contributed by atoms with Crippen LogP contribution in [0, 0.1) is 0 Å². The lowest BCUT2D eigenvalue weighted by Crippen LogP contribution is -2.09. The van der Waals surface area contributed by atoms with Crippen molar-refractivity contribution in [3.05, 3.63) is 29.8 Å². The van der Waals surface area contributed by atoms with Crippen molar-refractivity contribution in [2.45, 2.75) is 12.8 Å². The third-order valence-corrected chi connectivity index (χ3v) is 2.33. The first kappa shape index (κ1) is 13.6. The van der Waals surface area contributed by atoms with Crippen molar-refractivity contribution >= 4 is 14.7 Å². The second-order valence-corrected chi connectivity index (χ2v) is 3.55. The molecule has 17 heavy (non-hydrogen) atoms. The van der Waals surface area contributed by atoms with Gasteiger partial charge in [0.25, 0.3) is 0 Å². The van der Waals surface area contributed by atoms with Crippen LogP contribution >= 0.6 is 8.69 Å². The van der Waals surface area contributed by atoms with Gasteiger partial charge in [-0.3, -0.25) is 4.79 Å². The number of aliphatic hydroxyl groups excluding tert-OH is 1. The first-order chi connectivity index (χ1) is 8.27. The lowest BCUT2D eigenvalue weighted by Gasteiger charge is -2.06. The number of aliphatic hydroxyl groups is 1. The van der Waals surface area contributed by atoms with Crippen molar-refractivity contribution < 1.29 is 23.7 Å². The molecule has 1 rings (SSSR count). The van der Waals surface area contributed by atoms with Crippen molar-refractivity contribution in [3.63, 3.8) is 0 Å². The number of rotatable bonds is 7. The summed E-state index contributed by atoms with van der Waals surface area (Å²) in [6, 6.07) is 7.04. The maximum Gasteiger partial charge on any atom is 0.395 e. The van der Waals surface area contributed by atoms with Gasteiger partial charge in [-0.1, -0.05) is 18.2 Å². The van der Waals surface area contributed by atoms with Gasteiger partial charge in [0.05, 0.1) is 6.61 Å². The summed E-state index contributed by atoms with van der Waals surface area (Å²) in [7, 11) is -0.425. The molecule has 1 aromatic carbocycles. The van der Waals surface area contributed by atoms with Crippen LogP contribution < -0.4 is 4.52 Å². The van der Waals surface area contributed by atoms with Crippen molar-refractivity contribution in [1.29, 1.82) is 0 Å². The van der Waals surface area contributed by atoms with Gasteiger partial charge in [-0.05, 0) is 18.1 Å². The zero-order valence-electron chi connectivity index (χ0n) is 9.17. The Kier molecular flexibility index (Phi) is 6.22. The van der Waals surface area contributed by atoms with Gasteiger partial charge < -0.3 is 14.4 Å². The minimum absolute atomic E-state index is 0.0101. The Morgan fingerprint density at radius 1 is 1.35 bits per heavy atom. The highest BCUT2D eigenvalue weighted by molar-refractivity contribution is 7.17. The van der Waals surface area contributed by atoms with Gasteiger partial charge in [0.1, 0.15) is 12.4 Å². The number of hydrogen-bond donors (Lipinski definition) is 1. The fraction of sp³-hybridized carbons (Fsp3) is 0.364. The van der Waals surface area contributed by atoms with Gasteiger partial charge >= 0.3 is 14.7 Å². The minimum Gasteiger partial charge on any atom is -0.463 e. The molecule has 0 aliphatic heterocycles. The van der Waals surface area contributed by atoms with Gasteiger partial charge in [0, 0.05) is 6.42 Å². The second kappa shape index (κ2) is 7.76. The molecule has 0 bridgehead atoms. The van der Waals surface area contributed by atoms with Gasteiger partial charge in [-0.15, -0.1) is 0 Å². The average molecular weight is 256 g/mol. The van der Waals surface area contributed by atoms with Gasteiger partial charge in [0.2, 0.25) is 0 Å². The number of benzene rings is 1. The number of esters is 1. The van der Waals surface area contributed by atoms with Crippen LogP contribution in [0.2, 0.25) is 0 Å². The molecule has 0 aliphatic carbocycles. The van der Waals surface area contributed by atoms with E-state index in [4.69, 9.17) is 14.4 Å². The predicted molar refractivity (Wildman–Crippen MR) is 61.0 cm³/mol. The average Bonchev–Trinajstić information content (AvgIpc) is 2.35. The minimum atomic E-state index is -0.425. The van der Waals surface area contributed by atoms with E-state index in [1.54, 1.807) is 18.2 Å². The van der Waals surface area contributed by atoms with Crippen molar-refractivity contribution in [2.24, 2.45) is 0 Å². The summed E-state index contributed by atoms with van der Waals surface area (Å²) < 4.78 is 20.0. The van der Waals surface area contributed by atoms with Crippen LogP contribution in [-0.2, 0) is 20.5 Å². The molecule has 1 aromatic rings. The lowest BCUT2D eigenvalue weighted by atomic mass is 10.1. The molecule has 0 saturated heterocycles. The fourth-order valence-corrected chi connectivity index (χ4v) is 1.57. The van der Waals surface area contributed by atoms with E-state index in [0.29, 0.717) is 12.2 Å². The molecule has 0 fully saturated rings. The maximum atomic E-state index is 11.2. The first-order valence-corrected chi connectivity index (χ1v) is 5.85. The fourth-order valence-electron chi connectivity index (χ4n) is 1.31. The molecule has 0 heterocycles. The molecule has 0 unspecified atom stereocenters. The summed E-state index contributed by atoms with van der Waals surface area (Å²) in [5.41, 5.74) is 0.789. The summed E-state index contributed by atoms with van der Waals surface area (Å²) >= 11 is 0. The van der Waals surface area contributed by atoms with E-state index in [9.17, 15) is 9.36 Å². The van der Waals surface area contributed by atoms with Crippen LogP contribution in [0.15, 0.2) is 24.3 Å². The quantitative estimate of drug-likeness (QED) is 0.594. The normalized spacial score (nSPS) is 10.2. The molecule has 0 amide bonds. The Morgan fingerprint density at radius 2 is 2.12 bits per heavy atom. The molecule has 6 heteroatoms. The third-order valence-electron chi connectivity index (χ3n) is 2.06. The molecular formula is C11H13O5P. The standard InChI is InChI=1S/C11H13O5P/c12-7-8-15-11(13)6-5-9-3-1-2-4-10(9)16-17-14/h1-4,12H,5-8H2. The summed E-state index contributed by atoms with van der Waals surface area (Å²) in [5, 5.41) is 8.48. The topological polar surface area (TPSA) is 72.8 Å². The summed E-state index contributed by atoms with van der Waals surface area (Å²) in [6.07, 6.45) is 0.631. The monoisotopic (exact) mass is 256 g/mol. The molecule has 5 nitrogen and oxygen atoms in total. The van der Waals surface area contributed by atoms with Crippen molar-refractivity contribution in [2.75, 3.05) is 13.2 Å². The second-order valence-electron chi connectivity index (χ2n) is 3.22. The zero-order chi connectivity index (χ0) is 12.5. The van der Waals surface area contributed by atoms with E-state index in [2.05, 4.69) is 0 Å². The number of ether oxygens (including phenoxy) is 1. The van der Waals surface area contributed by atoms with Crippen LogP contribution in [0.5, 0.6) is 5.75 Å². The number of aryl methyl sites for hydroxylation is 1. The SMILES string of the molecule is O=POc1ccccc1CCC(=O)OCCO. The number of carbonyl (C=O) groups excluding carboxylic acids is 1. The van der Waals surface area contributed by atoms with Crippen LogP contribution in [0.1, 0.15) is 12.0 Å². The molecule has 0 saturated carbocycles. The highest BCUT2D eigenvalue weighted by atomic mass is 31.1. The molecular weight excluding hydrogens is 243 g/mol. The predicted octanol–water partition coefficient (Wildman–Crippen LogP) is 1.74. The molecule has 0 spiro atoms. The Labute approximate surface area is 101 Å². The number of hydrogen-bond acceptors (Lipinski definition) is 5. The molecule has 1 N–H and O–H groups in total.